The summed E-state index contributed by atoms with van der Waals surface area (Å²) >= 11 is 3.10. The van der Waals surface area contributed by atoms with E-state index in [0.717, 1.165) is 37.1 Å². The van der Waals surface area contributed by atoms with Crippen LogP contribution in [0.1, 0.15) is 75.1 Å². The highest BCUT2D eigenvalue weighted by Crippen LogP contribution is 2.59. The molecule has 1 aromatic heterocycles. The zero-order valence-corrected chi connectivity index (χ0v) is 18.0. The smallest absolute Gasteiger partial charge is 0.355 e. The Bertz CT molecular complexity index is 780. The SMILES string of the molecule is O=C(CCn1nc(C(F)(F)F)c(Br)c1C1CC1)NCC12CC3CC(CC(C3)C1)C2. The number of nitrogens with one attached hydrogen (secondary N) is 1. The molecule has 160 valence electrons. The fraction of sp³-hybridized carbons (Fsp3) is 0.810. The summed E-state index contributed by atoms with van der Waals surface area (Å²) in [5, 5.41) is 6.91. The maximum Gasteiger partial charge on any atom is 0.436 e. The average Bonchev–Trinajstić information content (AvgIpc) is 3.39. The molecule has 0 saturated heterocycles. The van der Waals surface area contributed by atoms with Crippen molar-refractivity contribution in [3.63, 3.8) is 0 Å². The quantitative estimate of drug-likeness (QED) is 0.611. The number of carbonyl (C=O) groups is 1. The summed E-state index contributed by atoms with van der Waals surface area (Å²) in [5.74, 6) is 2.54. The van der Waals surface area contributed by atoms with Crippen LogP contribution >= 0.6 is 15.9 Å². The number of carbonyl (C=O) groups excluding carboxylic acids is 1. The molecule has 1 amide bonds. The molecule has 1 heterocycles. The predicted octanol–water partition coefficient (Wildman–Crippen LogP) is 5.26. The molecule has 0 spiro atoms. The summed E-state index contributed by atoms with van der Waals surface area (Å²) in [4.78, 5) is 12.5. The second kappa shape index (κ2) is 6.99. The molecule has 0 atom stereocenters. The van der Waals surface area contributed by atoms with E-state index in [-0.39, 0.29) is 34.7 Å². The molecule has 1 N–H and O–H groups in total. The van der Waals surface area contributed by atoms with Crippen LogP contribution in [0.4, 0.5) is 13.2 Å². The maximum atomic E-state index is 13.2. The van der Waals surface area contributed by atoms with Crippen molar-refractivity contribution in [1.29, 1.82) is 0 Å². The highest BCUT2D eigenvalue weighted by atomic mass is 79.9. The molecule has 5 aliphatic rings. The summed E-state index contributed by atoms with van der Waals surface area (Å²) < 4.78 is 41.1. The van der Waals surface area contributed by atoms with Gasteiger partial charge >= 0.3 is 6.18 Å². The van der Waals surface area contributed by atoms with E-state index < -0.39 is 11.9 Å². The van der Waals surface area contributed by atoms with Gasteiger partial charge < -0.3 is 5.32 Å². The first-order valence-electron chi connectivity index (χ1n) is 10.8. The first-order valence-corrected chi connectivity index (χ1v) is 11.6. The topological polar surface area (TPSA) is 46.9 Å². The largest absolute Gasteiger partial charge is 0.436 e. The van der Waals surface area contributed by atoms with Crippen LogP contribution < -0.4 is 5.32 Å². The molecule has 1 aromatic rings. The zero-order chi connectivity index (χ0) is 20.4. The van der Waals surface area contributed by atoms with E-state index in [9.17, 15) is 18.0 Å². The van der Waals surface area contributed by atoms with Crippen LogP contribution in [0.15, 0.2) is 4.47 Å². The van der Waals surface area contributed by atoms with E-state index >= 15 is 0 Å². The summed E-state index contributed by atoms with van der Waals surface area (Å²) in [5.41, 5.74) is -0.0264. The fourth-order valence-corrected chi connectivity index (χ4v) is 7.47. The molecule has 5 aliphatic carbocycles. The fourth-order valence-electron chi connectivity index (χ4n) is 6.64. The van der Waals surface area contributed by atoms with Crippen molar-refractivity contribution in [1.82, 2.24) is 15.1 Å². The Hall–Kier alpha value is -1.05. The molecule has 5 saturated carbocycles. The monoisotopic (exact) mass is 473 g/mol. The molecule has 0 aliphatic heterocycles. The van der Waals surface area contributed by atoms with Gasteiger partial charge in [0.25, 0.3) is 0 Å². The van der Waals surface area contributed by atoms with Crippen LogP contribution in [0.25, 0.3) is 0 Å². The minimum Gasteiger partial charge on any atom is -0.355 e. The molecular weight excluding hydrogens is 447 g/mol. The third kappa shape index (κ3) is 3.86. The van der Waals surface area contributed by atoms with Gasteiger partial charge in [-0.1, -0.05) is 0 Å². The molecule has 4 bridgehead atoms. The Morgan fingerprint density at radius 1 is 1.14 bits per heavy atom. The summed E-state index contributed by atoms with van der Waals surface area (Å²) in [6.45, 7) is 0.911. The number of aryl methyl sites for hydroxylation is 1. The Morgan fingerprint density at radius 2 is 1.72 bits per heavy atom. The van der Waals surface area contributed by atoms with Gasteiger partial charge in [-0.05, 0) is 90.5 Å². The van der Waals surface area contributed by atoms with Crippen LogP contribution in [-0.4, -0.2) is 22.2 Å². The lowest BCUT2D eigenvalue weighted by molar-refractivity contribution is -0.142. The number of rotatable bonds is 6. The van der Waals surface area contributed by atoms with Crippen molar-refractivity contribution < 1.29 is 18.0 Å². The Balaban J connectivity index is 1.20. The second-order valence-electron chi connectivity index (χ2n) is 9.99. The molecule has 29 heavy (non-hydrogen) atoms. The Labute approximate surface area is 177 Å². The van der Waals surface area contributed by atoms with Gasteiger partial charge in [0, 0.05) is 18.9 Å². The first kappa shape index (κ1) is 19.9. The van der Waals surface area contributed by atoms with Crippen molar-refractivity contribution in [2.45, 2.75) is 76.4 Å². The maximum absolute atomic E-state index is 13.2. The van der Waals surface area contributed by atoms with E-state index in [1.54, 1.807) is 0 Å². The van der Waals surface area contributed by atoms with Crippen LogP contribution in [0.2, 0.25) is 0 Å². The number of nitrogens with zero attached hydrogens (tertiary/aromatic N) is 2. The van der Waals surface area contributed by atoms with Gasteiger partial charge in [-0.25, -0.2) is 0 Å². The van der Waals surface area contributed by atoms with E-state index in [1.807, 2.05) is 0 Å². The minimum atomic E-state index is -4.49. The van der Waals surface area contributed by atoms with Gasteiger partial charge in [0.15, 0.2) is 5.69 Å². The van der Waals surface area contributed by atoms with Crippen LogP contribution in [0.3, 0.4) is 0 Å². The van der Waals surface area contributed by atoms with E-state index in [0.29, 0.717) is 5.69 Å². The second-order valence-corrected chi connectivity index (χ2v) is 10.8. The molecule has 4 nitrogen and oxygen atoms in total. The van der Waals surface area contributed by atoms with Gasteiger partial charge in [-0.2, -0.15) is 18.3 Å². The van der Waals surface area contributed by atoms with Crippen molar-refractivity contribution in [2.24, 2.45) is 23.2 Å². The molecule has 0 unspecified atom stereocenters. The van der Waals surface area contributed by atoms with E-state index in [1.165, 1.54) is 43.2 Å². The standard InChI is InChI=1S/C21H27BrF3N3O/c22-17-18(15-1-2-15)28(27-19(17)21(23,24)25)4-3-16(29)26-11-20-8-12-5-13(9-20)7-14(6-12)10-20/h12-15H,1-11H2,(H,26,29). The highest BCUT2D eigenvalue weighted by Gasteiger charge is 2.50. The molecule has 8 heteroatoms. The minimum absolute atomic E-state index is 0.0430. The van der Waals surface area contributed by atoms with Gasteiger partial charge in [-0.3, -0.25) is 9.48 Å². The molecular formula is C21H27BrF3N3O. The van der Waals surface area contributed by atoms with Gasteiger partial charge in [0.1, 0.15) is 0 Å². The van der Waals surface area contributed by atoms with Gasteiger partial charge in [0.2, 0.25) is 5.91 Å². The van der Waals surface area contributed by atoms with Crippen LogP contribution in [0, 0.1) is 23.2 Å². The van der Waals surface area contributed by atoms with Crippen molar-refractivity contribution in [3.05, 3.63) is 15.9 Å². The predicted molar refractivity (Wildman–Crippen MR) is 105 cm³/mol. The lowest BCUT2D eigenvalue weighted by atomic mass is 9.49. The summed E-state index contributed by atoms with van der Waals surface area (Å²) in [6, 6.07) is 0. The molecule has 6 rings (SSSR count). The van der Waals surface area contributed by atoms with E-state index in [2.05, 4.69) is 26.3 Å². The number of halogens is 4. The van der Waals surface area contributed by atoms with Crippen molar-refractivity contribution >= 4 is 21.8 Å². The number of hydrogen-bond acceptors (Lipinski definition) is 2. The normalized spacial score (nSPS) is 33.3. The van der Waals surface area contributed by atoms with Gasteiger partial charge in [-0.15, -0.1) is 0 Å². The molecule has 0 radical (unpaired) electrons. The molecule has 5 fully saturated rings. The lowest BCUT2D eigenvalue weighted by Gasteiger charge is -2.56. The van der Waals surface area contributed by atoms with Crippen molar-refractivity contribution in [3.8, 4) is 0 Å². The zero-order valence-electron chi connectivity index (χ0n) is 16.4. The third-order valence-electron chi connectivity index (χ3n) is 7.54. The average molecular weight is 474 g/mol. The summed E-state index contributed by atoms with van der Waals surface area (Å²) in [7, 11) is 0. The Morgan fingerprint density at radius 3 is 2.24 bits per heavy atom. The van der Waals surface area contributed by atoms with Gasteiger partial charge in [0.05, 0.1) is 16.7 Å². The van der Waals surface area contributed by atoms with Crippen molar-refractivity contribution in [2.75, 3.05) is 6.54 Å². The van der Waals surface area contributed by atoms with E-state index in [4.69, 9.17) is 0 Å². The number of amides is 1. The number of alkyl halides is 3. The first-order chi connectivity index (χ1) is 13.7. The summed E-state index contributed by atoms with van der Waals surface area (Å²) in [6.07, 6.45) is 5.21. The Kier molecular flexibility index (Phi) is 4.79. The lowest BCUT2D eigenvalue weighted by Crippen LogP contribution is -2.51. The molecule has 0 aromatic carbocycles. The third-order valence-corrected chi connectivity index (χ3v) is 8.32. The number of hydrogen-bond donors (Lipinski definition) is 1. The van der Waals surface area contributed by atoms with Crippen LogP contribution in [-0.2, 0) is 17.5 Å². The number of aromatic nitrogens is 2. The van der Waals surface area contributed by atoms with Crippen LogP contribution in [0.5, 0.6) is 0 Å². The highest BCUT2D eigenvalue weighted by molar-refractivity contribution is 9.10.